The van der Waals surface area contributed by atoms with Crippen molar-refractivity contribution < 1.29 is 4.79 Å². The van der Waals surface area contributed by atoms with Gasteiger partial charge in [0.25, 0.3) is 0 Å². The van der Waals surface area contributed by atoms with E-state index in [1.165, 1.54) is 0 Å². The van der Waals surface area contributed by atoms with Crippen LogP contribution in [0.2, 0.25) is 0 Å². The van der Waals surface area contributed by atoms with Crippen molar-refractivity contribution in [3.63, 3.8) is 0 Å². The highest BCUT2D eigenvalue weighted by atomic mass is 16.2. The van der Waals surface area contributed by atoms with E-state index >= 15 is 0 Å². The summed E-state index contributed by atoms with van der Waals surface area (Å²) in [6.07, 6.45) is 0. The highest BCUT2D eigenvalue weighted by molar-refractivity contribution is 5.70. The number of carbonyl (C=O) groups excluding carboxylic acids is 1. The molecule has 0 aliphatic heterocycles. The molecule has 4 nitrogen and oxygen atoms in total. The molecule has 0 saturated carbocycles. The van der Waals surface area contributed by atoms with Crippen LogP contribution in [-0.4, -0.2) is 6.03 Å². The molecule has 6 heavy (non-hydrogen) atoms. The Balaban J connectivity index is 2.83. The molecule has 0 fully saturated rings. The fraction of sp³-hybridized carbons (Fsp3) is 0. The molecule has 4 N–H and O–H groups in total. The number of nitrogens with one attached hydrogen (secondary N) is 2. The number of urea groups is 1. The van der Waals surface area contributed by atoms with Crippen LogP contribution in [0.1, 0.15) is 0 Å². The predicted molar refractivity (Wildman–Crippen MR) is 21.2 cm³/mol. The molecule has 0 aliphatic rings. The standard InChI is InChI=1S/C2H6N3O/c1-4-5-2(3)6/h4H,1H2,(H3,3,5,6). The number of hydrogen-bond donors (Lipinski definition) is 3. The third-order valence-corrected chi connectivity index (χ3v) is 0.212. The normalized spacial score (nSPS) is 7.50. The molecule has 0 aromatic rings. The number of carbonyl (C=O) groups is 1. The average Bonchev–Trinajstić information content (AvgIpc) is 1.35. The van der Waals surface area contributed by atoms with E-state index in [1.54, 1.807) is 0 Å². The Morgan fingerprint density at radius 3 is 2.33 bits per heavy atom. The molecule has 0 aliphatic carbocycles. The molecule has 2 amide bonds. The molecule has 35 valence electrons. The Bertz CT molecular complexity index is 52.8. The van der Waals surface area contributed by atoms with E-state index in [-0.39, 0.29) is 0 Å². The average molecular weight is 88.1 g/mol. The predicted octanol–water partition coefficient (Wildman–Crippen LogP) is -1.05. The largest absolute Gasteiger partial charge is 0.351 e. The first-order chi connectivity index (χ1) is 2.77. The molecule has 0 heterocycles. The third kappa shape index (κ3) is 3.23. The van der Waals surface area contributed by atoms with E-state index in [4.69, 9.17) is 0 Å². The first-order valence-corrected chi connectivity index (χ1v) is 1.35. The molecule has 0 aromatic heterocycles. The molecule has 0 unspecified atom stereocenters. The SMILES string of the molecule is [CH2]NNC(N)=O. The van der Waals surface area contributed by atoms with Crippen LogP contribution in [0, 0.1) is 7.05 Å². The number of hydrogen-bond acceptors (Lipinski definition) is 2. The van der Waals surface area contributed by atoms with Crippen molar-refractivity contribution in [1.29, 1.82) is 0 Å². The molecule has 1 radical (unpaired) electrons. The molecule has 0 rings (SSSR count). The van der Waals surface area contributed by atoms with Gasteiger partial charge in [0.1, 0.15) is 0 Å². The van der Waals surface area contributed by atoms with E-state index < -0.39 is 6.03 Å². The second kappa shape index (κ2) is 2.47. The van der Waals surface area contributed by atoms with E-state index in [0.29, 0.717) is 0 Å². The summed E-state index contributed by atoms with van der Waals surface area (Å²) in [4.78, 5) is 9.61. The minimum atomic E-state index is -0.634. The molecule has 0 saturated heterocycles. The second-order valence-electron chi connectivity index (χ2n) is 0.666. The number of hydrazine groups is 1. The smallest absolute Gasteiger partial charge is 0.326 e. The Kier molecular flexibility index (Phi) is 2.15. The molecule has 4 heteroatoms. The van der Waals surface area contributed by atoms with Gasteiger partial charge in [-0.25, -0.2) is 10.2 Å². The summed E-state index contributed by atoms with van der Waals surface area (Å²) in [5.74, 6) is 0. The summed E-state index contributed by atoms with van der Waals surface area (Å²) in [6.45, 7) is 0. The summed E-state index contributed by atoms with van der Waals surface area (Å²) >= 11 is 0. The summed E-state index contributed by atoms with van der Waals surface area (Å²) in [7, 11) is 3.06. The Labute approximate surface area is 35.7 Å². The van der Waals surface area contributed by atoms with Gasteiger partial charge in [0.15, 0.2) is 0 Å². The summed E-state index contributed by atoms with van der Waals surface area (Å²) in [5.41, 5.74) is 8.63. The van der Waals surface area contributed by atoms with Gasteiger partial charge >= 0.3 is 6.03 Å². The van der Waals surface area contributed by atoms with Crippen molar-refractivity contribution in [1.82, 2.24) is 10.9 Å². The van der Waals surface area contributed by atoms with Crippen molar-refractivity contribution >= 4 is 6.03 Å². The zero-order valence-electron chi connectivity index (χ0n) is 3.19. The molecular weight excluding hydrogens is 82.0 g/mol. The lowest BCUT2D eigenvalue weighted by molar-refractivity contribution is 0.246. The molecule has 0 bridgehead atoms. The van der Waals surface area contributed by atoms with Crippen LogP contribution in [0.5, 0.6) is 0 Å². The van der Waals surface area contributed by atoms with Crippen LogP contribution in [-0.2, 0) is 0 Å². The highest BCUT2D eigenvalue weighted by Gasteiger charge is 1.78. The molecular formula is C2H6N3O. The van der Waals surface area contributed by atoms with Gasteiger partial charge in [-0.2, -0.15) is 0 Å². The van der Waals surface area contributed by atoms with Gasteiger partial charge in [0.05, 0.1) is 0 Å². The van der Waals surface area contributed by atoms with Crippen molar-refractivity contribution in [3.05, 3.63) is 7.05 Å². The Hall–Kier alpha value is -0.770. The minimum absolute atomic E-state index is 0.634. The van der Waals surface area contributed by atoms with Gasteiger partial charge in [-0.3, -0.25) is 5.43 Å². The Morgan fingerprint density at radius 1 is 1.83 bits per heavy atom. The topological polar surface area (TPSA) is 67.2 Å². The van der Waals surface area contributed by atoms with Crippen LogP contribution >= 0.6 is 0 Å². The van der Waals surface area contributed by atoms with Crippen LogP contribution in [0.3, 0.4) is 0 Å². The van der Waals surface area contributed by atoms with E-state index in [1.807, 2.05) is 5.43 Å². The maximum absolute atomic E-state index is 9.61. The fourth-order valence-corrected chi connectivity index (χ4v) is 0.0871. The zero-order chi connectivity index (χ0) is 4.99. The summed E-state index contributed by atoms with van der Waals surface area (Å²) in [6, 6.07) is -0.634. The summed E-state index contributed by atoms with van der Waals surface area (Å²) < 4.78 is 0. The lowest BCUT2D eigenvalue weighted by Crippen LogP contribution is -2.37. The maximum Gasteiger partial charge on any atom is 0.326 e. The lowest BCUT2D eigenvalue weighted by Gasteiger charge is -1.91. The van der Waals surface area contributed by atoms with Crippen LogP contribution in [0.25, 0.3) is 0 Å². The van der Waals surface area contributed by atoms with Crippen molar-refractivity contribution in [3.8, 4) is 0 Å². The van der Waals surface area contributed by atoms with Crippen molar-refractivity contribution in [2.75, 3.05) is 0 Å². The summed E-state index contributed by atoms with van der Waals surface area (Å²) in [5, 5.41) is 0. The van der Waals surface area contributed by atoms with Gasteiger partial charge in [-0.05, 0) is 0 Å². The first kappa shape index (κ1) is 5.23. The minimum Gasteiger partial charge on any atom is -0.351 e. The van der Waals surface area contributed by atoms with E-state index in [9.17, 15) is 4.79 Å². The van der Waals surface area contributed by atoms with Crippen LogP contribution < -0.4 is 16.6 Å². The van der Waals surface area contributed by atoms with Gasteiger partial charge < -0.3 is 5.73 Å². The quantitative estimate of drug-likeness (QED) is 0.358. The second-order valence-corrected chi connectivity index (χ2v) is 0.666. The van der Waals surface area contributed by atoms with Crippen molar-refractivity contribution in [2.24, 2.45) is 5.73 Å². The van der Waals surface area contributed by atoms with Crippen LogP contribution in [0.4, 0.5) is 4.79 Å². The maximum atomic E-state index is 9.61. The van der Waals surface area contributed by atoms with Gasteiger partial charge in [0, 0.05) is 7.05 Å². The Morgan fingerprint density at radius 2 is 2.33 bits per heavy atom. The third-order valence-electron chi connectivity index (χ3n) is 0.212. The zero-order valence-corrected chi connectivity index (χ0v) is 3.19. The lowest BCUT2D eigenvalue weighted by atomic mass is 11.1. The van der Waals surface area contributed by atoms with Crippen LogP contribution in [0.15, 0.2) is 0 Å². The van der Waals surface area contributed by atoms with E-state index in [2.05, 4.69) is 18.2 Å². The number of nitrogens with two attached hydrogens (primary N) is 1. The van der Waals surface area contributed by atoms with E-state index in [0.717, 1.165) is 0 Å². The number of amides is 2. The first-order valence-electron chi connectivity index (χ1n) is 1.35. The monoisotopic (exact) mass is 88.1 g/mol. The highest BCUT2D eigenvalue weighted by Crippen LogP contribution is 1.41. The molecule has 0 atom stereocenters. The van der Waals surface area contributed by atoms with Crippen molar-refractivity contribution in [2.45, 2.75) is 0 Å². The van der Waals surface area contributed by atoms with Gasteiger partial charge in [-0.1, -0.05) is 0 Å². The fourth-order valence-electron chi connectivity index (χ4n) is 0.0871. The number of primary amides is 1. The molecule has 0 aromatic carbocycles. The van der Waals surface area contributed by atoms with Gasteiger partial charge in [-0.15, -0.1) is 0 Å². The van der Waals surface area contributed by atoms with Gasteiger partial charge in [0.2, 0.25) is 0 Å². The number of rotatable bonds is 1. The molecule has 0 spiro atoms.